The van der Waals surface area contributed by atoms with Crippen molar-refractivity contribution >= 4 is 43.0 Å². The van der Waals surface area contributed by atoms with Gasteiger partial charge in [-0.25, -0.2) is 4.79 Å². The third-order valence-corrected chi connectivity index (χ3v) is 4.61. The van der Waals surface area contributed by atoms with E-state index in [9.17, 15) is 4.79 Å². The van der Waals surface area contributed by atoms with Gasteiger partial charge in [-0.05, 0) is 47.9 Å². The zero-order valence-electron chi connectivity index (χ0n) is 10.6. The first-order valence-corrected chi connectivity index (χ1v) is 7.78. The van der Waals surface area contributed by atoms with Crippen LogP contribution in [0.3, 0.4) is 0 Å². The summed E-state index contributed by atoms with van der Waals surface area (Å²) in [5, 5.41) is 0. The number of nitrogens with one attached hydrogen (secondary N) is 1. The molecule has 1 heterocycles. The first-order valence-electron chi connectivity index (χ1n) is 6.07. The standard InChI is InChI=1S/C15H11Br2NO2/c1-8-4-10(6-11(16)5-8)14(17)9-2-3-12-13(7-9)20-15(19)18-12/h2-7,14H,1H3,(H,18,19). The van der Waals surface area contributed by atoms with Crippen LogP contribution in [-0.4, -0.2) is 4.98 Å². The Kier molecular flexibility index (Phi) is 3.56. The summed E-state index contributed by atoms with van der Waals surface area (Å²) < 4.78 is 6.15. The smallest absolute Gasteiger partial charge is 0.408 e. The Morgan fingerprint density at radius 3 is 2.70 bits per heavy atom. The van der Waals surface area contributed by atoms with Crippen LogP contribution in [0.4, 0.5) is 0 Å². The molecule has 0 spiro atoms. The van der Waals surface area contributed by atoms with E-state index in [1.165, 1.54) is 5.56 Å². The second-order valence-electron chi connectivity index (χ2n) is 4.69. The first kappa shape index (κ1) is 13.6. The molecule has 1 atom stereocenters. The second kappa shape index (κ2) is 5.22. The van der Waals surface area contributed by atoms with Crippen LogP contribution >= 0.6 is 31.9 Å². The van der Waals surface area contributed by atoms with Crippen LogP contribution in [0.5, 0.6) is 0 Å². The van der Waals surface area contributed by atoms with Crippen molar-refractivity contribution in [1.82, 2.24) is 4.98 Å². The van der Waals surface area contributed by atoms with Crippen LogP contribution in [0.2, 0.25) is 0 Å². The van der Waals surface area contributed by atoms with E-state index in [4.69, 9.17) is 4.42 Å². The zero-order chi connectivity index (χ0) is 14.3. The molecule has 1 aromatic heterocycles. The predicted octanol–water partition coefficient (Wildman–Crippen LogP) is 4.68. The predicted molar refractivity (Wildman–Crippen MR) is 86.5 cm³/mol. The number of oxazole rings is 1. The van der Waals surface area contributed by atoms with Gasteiger partial charge in [0.1, 0.15) is 0 Å². The van der Waals surface area contributed by atoms with Crippen molar-refractivity contribution in [3.63, 3.8) is 0 Å². The van der Waals surface area contributed by atoms with E-state index in [0.717, 1.165) is 15.6 Å². The normalized spacial score (nSPS) is 12.8. The lowest BCUT2D eigenvalue weighted by molar-refractivity contribution is 0.555. The first-order chi connectivity index (χ1) is 9.52. The number of alkyl halides is 1. The quantitative estimate of drug-likeness (QED) is 0.639. The molecular weight excluding hydrogens is 386 g/mol. The fourth-order valence-corrected chi connectivity index (χ4v) is 3.40. The number of aromatic nitrogens is 1. The Hall–Kier alpha value is -1.33. The number of benzene rings is 2. The van der Waals surface area contributed by atoms with Crippen LogP contribution in [0.15, 0.2) is 50.1 Å². The fraction of sp³-hybridized carbons (Fsp3) is 0.133. The lowest BCUT2D eigenvalue weighted by atomic mass is 10.0. The Balaban J connectivity index is 2.06. The van der Waals surface area contributed by atoms with Gasteiger partial charge >= 0.3 is 5.76 Å². The number of aryl methyl sites for hydroxylation is 1. The van der Waals surface area contributed by atoms with Gasteiger partial charge in [-0.3, -0.25) is 4.98 Å². The molecular formula is C15H11Br2NO2. The average Bonchev–Trinajstić information content (AvgIpc) is 2.75. The van der Waals surface area contributed by atoms with E-state index >= 15 is 0 Å². The van der Waals surface area contributed by atoms with Crippen LogP contribution in [-0.2, 0) is 0 Å². The van der Waals surface area contributed by atoms with E-state index in [-0.39, 0.29) is 4.83 Å². The molecule has 0 amide bonds. The Morgan fingerprint density at radius 2 is 1.95 bits per heavy atom. The molecule has 20 heavy (non-hydrogen) atoms. The molecule has 102 valence electrons. The van der Waals surface area contributed by atoms with Crippen molar-refractivity contribution in [3.8, 4) is 0 Å². The molecule has 0 bridgehead atoms. The number of fused-ring (bicyclic) bond motifs is 1. The monoisotopic (exact) mass is 395 g/mol. The Morgan fingerprint density at radius 1 is 1.15 bits per heavy atom. The number of aromatic amines is 1. The molecule has 0 saturated carbocycles. The van der Waals surface area contributed by atoms with Gasteiger partial charge in [-0.15, -0.1) is 0 Å². The third-order valence-electron chi connectivity index (χ3n) is 3.09. The third kappa shape index (κ3) is 2.60. The van der Waals surface area contributed by atoms with Gasteiger partial charge in [0.25, 0.3) is 0 Å². The van der Waals surface area contributed by atoms with Gasteiger partial charge in [0.15, 0.2) is 5.58 Å². The summed E-state index contributed by atoms with van der Waals surface area (Å²) in [7, 11) is 0. The number of H-pyrrole nitrogens is 1. The summed E-state index contributed by atoms with van der Waals surface area (Å²) in [4.78, 5) is 13.9. The molecule has 2 aromatic carbocycles. The van der Waals surface area contributed by atoms with E-state index < -0.39 is 5.76 Å². The topological polar surface area (TPSA) is 46.0 Å². The van der Waals surface area contributed by atoms with Crippen molar-refractivity contribution in [2.24, 2.45) is 0 Å². The summed E-state index contributed by atoms with van der Waals surface area (Å²) in [6.07, 6.45) is 0. The van der Waals surface area contributed by atoms with Crippen molar-refractivity contribution < 1.29 is 4.42 Å². The van der Waals surface area contributed by atoms with Gasteiger partial charge < -0.3 is 4.42 Å². The molecule has 3 nitrogen and oxygen atoms in total. The Bertz CT molecular complexity index is 815. The largest absolute Gasteiger partial charge is 0.417 e. The SMILES string of the molecule is Cc1cc(Br)cc(C(Br)c2ccc3[nH]c(=O)oc3c2)c1. The van der Waals surface area contributed by atoms with E-state index in [1.54, 1.807) is 0 Å². The summed E-state index contributed by atoms with van der Waals surface area (Å²) in [6, 6.07) is 12.0. The highest BCUT2D eigenvalue weighted by molar-refractivity contribution is 9.10. The lowest BCUT2D eigenvalue weighted by Crippen LogP contribution is -1.93. The van der Waals surface area contributed by atoms with Crippen LogP contribution in [0.1, 0.15) is 21.5 Å². The van der Waals surface area contributed by atoms with Gasteiger partial charge in [0, 0.05) is 4.47 Å². The van der Waals surface area contributed by atoms with Gasteiger partial charge in [0.2, 0.25) is 0 Å². The fourth-order valence-electron chi connectivity index (χ4n) is 2.22. The van der Waals surface area contributed by atoms with E-state index in [1.807, 2.05) is 18.2 Å². The van der Waals surface area contributed by atoms with Gasteiger partial charge in [-0.2, -0.15) is 0 Å². The minimum absolute atomic E-state index is 0.0447. The van der Waals surface area contributed by atoms with Crippen LogP contribution in [0.25, 0.3) is 11.1 Å². The highest BCUT2D eigenvalue weighted by Gasteiger charge is 2.13. The maximum atomic E-state index is 11.2. The summed E-state index contributed by atoms with van der Waals surface area (Å²) in [6.45, 7) is 2.06. The molecule has 5 heteroatoms. The minimum atomic E-state index is -0.429. The Labute approximate surface area is 132 Å². The molecule has 3 rings (SSSR count). The molecule has 3 aromatic rings. The van der Waals surface area contributed by atoms with Crippen molar-refractivity contribution in [2.75, 3.05) is 0 Å². The summed E-state index contributed by atoms with van der Waals surface area (Å²) >= 11 is 7.22. The van der Waals surface area contributed by atoms with Crippen molar-refractivity contribution in [3.05, 3.63) is 68.1 Å². The molecule has 0 radical (unpaired) electrons. The van der Waals surface area contributed by atoms with E-state index in [2.05, 4.69) is 62.0 Å². The molecule has 1 N–H and O–H groups in total. The molecule has 0 fully saturated rings. The number of halogens is 2. The van der Waals surface area contributed by atoms with Crippen LogP contribution < -0.4 is 5.76 Å². The molecule has 0 saturated heterocycles. The number of hydrogen-bond acceptors (Lipinski definition) is 2. The van der Waals surface area contributed by atoms with Crippen LogP contribution in [0, 0.1) is 6.92 Å². The molecule has 0 aliphatic heterocycles. The molecule has 1 unspecified atom stereocenters. The summed E-state index contributed by atoms with van der Waals surface area (Å²) in [5.74, 6) is -0.429. The highest BCUT2D eigenvalue weighted by atomic mass is 79.9. The summed E-state index contributed by atoms with van der Waals surface area (Å²) in [5.41, 5.74) is 4.66. The maximum Gasteiger partial charge on any atom is 0.417 e. The molecule has 0 aliphatic rings. The van der Waals surface area contributed by atoms with Crippen molar-refractivity contribution in [2.45, 2.75) is 11.8 Å². The second-order valence-corrected chi connectivity index (χ2v) is 6.53. The molecule has 0 aliphatic carbocycles. The lowest BCUT2D eigenvalue weighted by Gasteiger charge is -2.12. The van der Waals surface area contributed by atoms with Crippen molar-refractivity contribution in [1.29, 1.82) is 0 Å². The van der Waals surface area contributed by atoms with E-state index in [0.29, 0.717) is 11.1 Å². The minimum Gasteiger partial charge on any atom is -0.408 e. The zero-order valence-corrected chi connectivity index (χ0v) is 13.8. The van der Waals surface area contributed by atoms with Gasteiger partial charge in [0.05, 0.1) is 10.3 Å². The number of rotatable bonds is 2. The highest BCUT2D eigenvalue weighted by Crippen LogP contribution is 2.34. The number of hydrogen-bond donors (Lipinski definition) is 1. The maximum absolute atomic E-state index is 11.2. The average molecular weight is 397 g/mol. The van der Waals surface area contributed by atoms with Gasteiger partial charge in [-0.1, -0.05) is 44.0 Å².